The molecular formula is C25H39N. The van der Waals surface area contributed by atoms with Crippen molar-refractivity contribution in [3.63, 3.8) is 0 Å². The molecule has 0 aromatic rings. The molecule has 1 rings (SSSR count). The lowest BCUT2D eigenvalue weighted by atomic mass is 9.72. The molecule has 0 aromatic heterocycles. The summed E-state index contributed by atoms with van der Waals surface area (Å²) in [7, 11) is 0. The number of aliphatic imine (C=N–C) groups is 1. The van der Waals surface area contributed by atoms with Crippen LogP contribution in [0.2, 0.25) is 0 Å². The Kier molecular flexibility index (Phi) is 9.62. The molecule has 1 aliphatic carbocycles. The average Bonchev–Trinajstić information content (AvgIpc) is 2.57. The highest BCUT2D eigenvalue weighted by Gasteiger charge is 2.26. The van der Waals surface area contributed by atoms with E-state index in [0.717, 1.165) is 6.54 Å². The van der Waals surface area contributed by atoms with Crippen molar-refractivity contribution in [1.82, 2.24) is 0 Å². The molecule has 0 heterocycles. The Labute approximate surface area is 162 Å². The number of unbranched alkanes of at least 4 members (excludes halogenated alkanes) is 1. The van der Waals surface area contributed by atoms with E-state index in [9.17, 15) is 0 Å². The summed E-state index contributed by atoms with van der Waals surface area (Å²) in [6, 6.07) is 0. The first-order valence-corrected chi connectivity index (χ1v) is 10.2. The molecule has 0 aliphatic heterocycles. The largest absolute Gasteiger partial charge is 0.293 e. The molecule has 1 nitrogen and oxygen atoms in total. The topological polar surface area (TPSA) is 12.4 Å². The van der Waals surface area contributed by atoms with Crippen LogP contribution in [0.5, 0.6) is 0 Å². The average molecular weight is 354 g/mol. The van der Waals surface area contributed by atoms with Gasteiger partial charge in [-0.15, -0.1) is 0 Å². The zero-order valence-corrected chi connectivity index (χ0v) is 18.2. The first-order chi connectivity index (χ1) is 12.3. The van der Waals surface area contributed by atoms with Gasteiger partial charge in [0.25, 0.3) is 0 Å². The molecule has 0 bridgehead atoms. The second kappa shape index (κ2) is 11.2. The second-order valence-electron chi connectivity index (χ2n) is 8.29. The predicted molar refractivity (Wildman–Crippen MR) is 119 cm³/mol. The van der Waals surface area contributed by atoms with Crippen LogP contribution in [-0.2, 0) is 0 Å². The van der Waals surface area contributed by atoms with E-state index in [2.05, 4.69) is 83.8 Å². The third-order valence-corrected chi connectivity index (χ3v) is 5.31. The van der Waals surface area contributed by atoms with Crippen molar-refractivity contribution < 1.29 is 0 Å². The van der Waals surface area contributed by atoms with Crippen LogP contribution < -0.4 is 0 Å². The quantitative estimate of drug-likeness (QED) is 0.240. The van der Waals surface area contributed by atoms with Gasteiger partial charge in [0, 0.05) is 12.8 Å². The number of rotatable bonds is 8. The highest BCUT2D eigenvalue weighted by molar-refractivity contribution is 5.79. The Morgan fingerprint density at radius 2 is 1.85 bits per heavy atom. The van der Waals surface area contributed by atoms with Crippen molar-refractivity contribution in [1.29, 1.82) is 0 Å². The van der Waals surface area contributed by atoms with Gasteiger partial charge in [0.2, 0.25) is 0 Å². The first kappa shape index (κ1) is 22.4. The molecule has 0 radical (unpaired) electrons. The summed E-state index contributed by atoms with van der Waals surface area (Å²) in [5, 5.41) is 0. The van der Waals surface area contributed by atoms with Crippen LogP contribution in [-0.4, -0.2) is 12.8 Å². The molecule has 0 fully saturated rings. The van der Waals surface area contributed by atoms with E-state index in [-0.39, 0.29) is 0 Å². The van der Waals surface area contributed by atoms with Gasteiger partial charge in [-0.3, -0.25) is 4.99 Å². The van der Waals surface area contributed by atoms with E-state index in [1.165, 1.54) is 54.4 Å². The lowest BCUT2D eigenvalue weighted by Gasteiger charge is -2.32. The summed E-state index contributed by atoms with van der Waals surface area (Å²) in [4.78, 5) is 4.48. The number of hydrogen-bond donors (Lipinski definition) is 0. The molecule has 1 heteroatoms. The first-order valence-electron chi connectivity index (χ1n) is 10.2. The number of hydrogen-bond acceptors (Lipinski definition) is 1. The summed E-state index contributed by atoms with van der Waals surface area (Å²) < 4.78 is 0. The van der Waals surface area contributed by atoms with Gasteiger partial charge in [0.15, 0.2) is 0 Å². The van der Waals surface area contributed by atoms with Crippen LogP contribution in [0.25, 0.3) is 0 Å². The minimum Gasteiger partial charge on any atom is -0.293 e. The summed E-state index contributed by atoms with van der Waals surface area (Å²) in [5.41, 5.74) is 7.18. The lowest BCUT2D eigenvalue weighted by molar-refractivity contribution is 0.377. The van der Waals surface area contributed by atoms with E-state index in [0.29, 0.717) is 5.41 Å². The Balaban J connectivity index is 2.73. The van der Waals surface area contributed by atoms with Crippen LogP contribution in [0, 0.1) is 5.41 Å². The van der Waals surface area contributed by atoms with Crippen molar-refractivity contribution in [3.05, 3.63) is 58.2 Å². The Morgan fingerprint density at radius 3 is 2.50 bits per heavy atom. The monoisotopic (exact) mass is 353 g/mol. The minimum absolute atomic E-state index is 0.308. The molecule has 1 aliphatic rings. The van der Waals surface area contributed by atoms with Gasteiger partial charge in [-0.25, -0.2) is 0 Å². The zero-order valence-electron chi connectivity index (χ0n) is 18.2. The van der Waals surface area contributed by atoms with Gasteiger partial charge in [0.1, 0.15) is 0 Å². The highest BCUT2D eigenvalue weighted by atomic mass is 14.7. The van der Waals surface area contributed by atoms with Gasteiger partial charge in [0.05, 0.1) is 0 Å². The van der Waals surface area contributed by atoms with Crippen molar-refractivity contribution in [2.75, 3.05) is 6.54 Å². The van der Waals surface area contributed by atoms with Crippen LogP contribution in [0.4, 0.5) is 0 Å². The van der Waals surface area contributed by atoms with E-state index in [1.54, 1.807) is 5.57 Å². The predicted octanol–water partition coefficient (Wildman–Crippen LogP) is 7.78. The molecule has 0 spiro atoms. The Bertz CT molecular complexity index is 633. The van der Waals surface area contributed by atoms with Crippen molar-refractivity contribution in [3.8, 4) is 0 Å². The van der Waals surface area contributed by atoms with Crippen molar-refractivity contribution in [2.45, 2.75) is 80.6 Å². The molecule has 0 aromatic carbocycles. The van der Waals surface area contributed by atoms with E-state index < -0.39 is 0 Å². The maximum absolute atomic E-state index is 4.48. The SMILES string of the molecule is CCCCN=C/C(C)=C(C)/C=C/C=C(C)\C=C\C1=C(C)CCCC1(C)C. The van der Waals surface area contributed by atoms with Gasteiger partial charge in [-0.1, -0.05) is 68.7 Å². The molecule has 0 atom stereocenters. The van der Waals surface area contributed by atoms with Gasteiger partial charge in [-0.05, 0) is 75.5 Å². The molecule has 26 heavy (non-hydrogen) atoms. The molecule has 0 N–H and O–H groups in total. The number of allylic oxidation sites excluding steroid dienone is 10. The normalized spacial score (nSPS) is 19.9. The second-order valence-corrected chi connectivity index (χ2v) is 8.29. The van der Waals surface area contributed by atoms with E-state index in [1.807, 2.05) is 6.21 Å². The van der Waals surface area contributed by atoms with Crippen LogP contribution in [0.3, 0.4) is 0 Å². The molecule has 0 saturated carbocycles. The lowest BCUT2D eigenvalue weighted by Crippen LogP contribution is -2.19. The maximum atomic E-state index is 4.48. The molecule has 0 saturated heterocycles. The summed E-state index contributed by atoms with van der Waals surface area (Å²) in [6.07, 6.45) is 19.3. The molecule has 0 amide bonds. The van der Waals surface area contributed by atoms with E-state index >= 15 is 0 Å². The number of nitrogens with zero attached hydrogens (tertiary/aromatic N) is 1. The molecule has 144 valence electrons. The van der Waals surface area contributed by atoms with Crippen LogP contribution in [0.15, 0.2) is 63.2 Å². The molecule has 0 unspecified atom stereocenters. The summed E-state index contributed by atoms with van der Waals surface area (Å²) >= 11 is 0. The fraction of sp³-hybridized carbons (Fsp3) is 0.560. The maximum Gasteiger partial charge on any atom is 0.0389 e. The van der Waals surface area contributed by atoms with Gasteiger partial charge in [-0.2, -0.15) is 0 Å². The van der Waals surface area contributed by atoms with Crippen LogP contribution >= 0.6 is 0 Å². The van der Waals surface area contributed by atoms with E-state index in [4.69, 9.17) is 0 Å². The summed E-state index contributed by atoms with van der Waals surface area (Å²) in [6.45, 7) is 16.6. The Hall–Kier alpha value is -1.63. The highest BCUT2D eigenvalue weighted by Crippen LogP contribution is 2.40. The minimum atomic E-state index is 0.308. The fourth-order valence-corrected chi connectivity index (χ4v) is 3.31. The summed E-state index contributed by atoms with van der Waals surface area (Å²) in [5.74, 6) is 0. The standard InChI is InChI=1S/C25H39N/c1-8-9-18-26-19-23(5)21(3)13-10-12-20(2)15-16-24-22(4)14-11-17-25(24,6)7/h10,12-13,15-16,19H,8-9,11,14,17-18H2,1-7H3/b13-10+,16-15+,20-12-,23-21+,26-19?. The van der Waals surface area contributed by atoms with Gasteiger partial charge >= 0.3 is 0 Å². The fourth-order valence-electron chi connectivity index (χ4n) is 3.31. The van der Waals surface area contributed by atoms with Crippen LogP contribution in [0.1, 0.15) is 80.6 Å². The van der Waals surface area contributed by atoms with Crippen molar-refractivity contribution >= 4 is 6.21 Å². The third kappa shape index (κ3) is 7.72. The van der Waals surface area contributed by atoms with Crippen molar-refractivity contribution in [2.24, 2.45) is 10.4 Å². The Morgan fingerprint density at radius 1 is 1.12 bits per heavy atom. The van der Waals surface area contributed by atoms with Gasteiger partial charge < -0.3 is 0 Å². The molecular weight excluding hydrogens is 314 g/mol. The third-order valence-electron chi connectivity index (χ3n) is 5.31. The smallest absolute Gasteiger partial charge is 0.0389 e. The zero-order chi connectivity index (χ0) is 19.6.